The first kappa shape index (κ1) is 13.6. The SMILES string of the molecule is COc1ccc(C(C)(C)C)cc1-c1cc(CO)[nH]n1. The van der Waals surface area contributed by atoms with E-state index in [9.17, 15) is 0 Å². The van der Waals surface area contributed by atoms with E-state index in [4.69, 9.17) is 9.84 Å². The number of nitrogens with one attached hydrogen (secondary N) is 1. The molecule has 0 aliphatic carbocycles. The van der Waals surface area contributed by atoms with Gasteiger partial charge in [0.1, 0.15) is 5.75 Å². The van der Waals surface area contributed by atoms with Crippen molar-refractivity contribution in [3.8, 4) is 17.0 Å². The van der Waals surface area contributed by atoms with Crippen molar-refractivity contribution in [1.82, 2.24) is 10.2 Å². The van der Waals surface area contributed by atoms with Gasteiger partial charge < -0.3 is 9.84 Å². The minimum absolute atomic E-state index is 0.0473. The molecule has 0 amide bonds. The predicted octanol–water partition coefficient (Wildman–Crippen LogP) is 2.88. The summed E-state index contributed by atoms with van der Waals surface area (Å²) in [4.78, 5) is 0. The molecule has 1 heterocycles. The molecule has 0 bridgehead atoms. The van der Waals surface area contributed by atoms with Crippen molar-refractivity contribution in [2.24, 2.45) is 0 Å². The lowest BCUT2D eigenvalue weighted by Gasteiger charge is -2.20. The monoisotopic (exact) mass is 260 g/mol. The third-order valence-electron chi connectivity index (χ3n) is 3.14. The summed E-state index contributed by atoms with van der Waals surface area (Å²) in [6.07, 6.45) is 0. The van der Waals surface area contributed by atoms with E-state index in [1.165, 1.54) is 5.56 Å². The minimum atomic E-state index is -0.0473. The number of rotatable bonds is 3. The van der Waals surface area contributed by atoms with E-state index in [-0.39, 0.29) is 12.0 Å². The highest BCUT2D eigenvalue weighted by Crippen LogP contribution is 2.33. The lowest BCUT2D eigenvalue weighted by atomic mass is 9.85. The Morgan fingerprint density at radius 1 is 1.26 bits per heavy atom. The van der Waals surface area contributed by atoms with Gasteiger partial charge in [0, 0.05) is 5.56 Å². The maximum Gasteiger partial charge on any atom is 0.128 e. The molecule has 0 unspecified atom stereocenters. The molecule has 0 fully saturated rings. The van der Waals surface area contributed by atoms with Gasteiger partial charge in [0.25, 0.3) is 0 Å². The van der Waals surface area contributed by atoms with Crippen molar-refractivity contribution in [1.29, 1.82) is 0 Å². The van der Waals surface area contributed by atoms with Crippen LogP contribution in [0.1, 0.15) is 32.0 Å². The molecule has 2 rings (SSSR count). The van der Waals surface area contributed by atoms with E-state index in [0.29, 0.717) is 5.69 Å². The summed E-state index contributed by atoms with van der Waals surface area (Å²) >= 11 is 0. The number of aliphatic hydroxyl groups is 1. The van der Waals surface area contributed by atoms with Crippen LogP contribution >= 0.6 is 0 Å². The third kappa shape index (κ3) is 2.79. The van der Waals surface area contributed by atoms with E-state index in [1.807, 2.05) is 12.1 Å². The van der Waals surface area contributed by atoms with Crippen molar-refractivity contribution < 1.29 is 9.84 Å². The van der Waals surface area contributed by atoms with Gasteiger partial charge in [-0.05, 0) is 29.2 Å². The Morgan fingerprint density at radius 3 is 2.53 bits per heavy atom. The van der Waals surface area contributed by atoms with Crippen molar-refractivity contribution in [2.45, 2.75) is 32.8 Å². The zero-order chi connectivity index (χ0) is 14.0. The molecule has 1 aromatic heterocycles. The average Bonchev–Trinajstić information content (AvgIpc) is 2.85. The fourth-order valence-corrected chi connectivity index (χ4v) is 1.96. The molecule has 0 atom stereocenters. The Hall–Kier alpha value is -1.81. The fraction of sp³-hybridized carbons (Fsp3) is 0.400. The minimum Gasteiger partial charge on any atom is -0.496 e. The summed E-state index contributed by atoms with van der Waals surface area (Å²) < 4.78 is 5.39. The Labute approximate surface area is 113 Å². The van der Waals surface area contributed by atoms with Crippen LogP contribution in [0.15, 0.2) is 24.3 Å². The topological polar surface area (TPSA) is 58.1 Å². The van der Waals surface area contributed by atoms with E-state index < -0.39 is 0 Å². The van der Waals surface area contributed by atoms with Crippen LogP contribution in [-0.4, -0.2) is 22.4 Å². The molecule has 1 aromatic carbocycles. The highest BCUT2D eigenvalue weighted by molar-refractivity contribution is 5.68. The number of H-pyrrole nitrogens is 1. The van der Waals surface area contributed by atoms with Gasteiger partial charge in [-0.1, -0.05) is 26.8 Å². The number of nitrogens with zero attached hydrogens (tertiary/aromatic N) is 1. The second kappa shape index (κ2) is 5.05. The molecule has 0 saturated heterocycles. The molecule has 0 aliphatic heterocycles. The van der Waals surface area contributed by atoms with Gasteiger partial charge in [0.2, 0.25) is 0 Å². The van der Waals surface area contributed by atoms with Crippen molar-refractivity contribution in [3.63, 3.8) is 0 Å². The molecule has 2 N–H and O–H groups in total. The summed E-state index contributed by atoms with van der Waals surface area (Å²) in [5.41, 5.74) is 3.70. The molecule has 0 aliphatic rings. The summed E-state index contributed by atoms with van der Waals surface area (Å²) in [7, 11) is 1.65. The van der Waals surface area contributed by atoms with Gasteiger partial charge in [-0.15, -0.1) is 0 Å². The summed E-state index contributed by atoms with van der Waals surface area (Å²) in [6.45, 7) is 6.46. The first-order valence-corrected chi connectivity index (χ1v) is 6.29. The zero-order valence-corrected chi connectivity index (χ0v) is 11.8. The maximum absolute atomic E-state index is 9.11. The number of aromatic amines is 1. The van der Waals surface area contributed by atoms with Crippen LogP contribution < -0.4 is 4.74 Å². The molecule has 0 saturated carbocycles. The largest absolute Gasteiger partial charge is 0.496 e. The third-order valence-corrected chi connectivity index (χ3v) is 3.14. The molecule has 0 spiro atoms. The Morgan fingerprint density at radius 2 is 2.00 bits per heavy atom. The lowest BCUT2D eigenvalue weighted by Crippen LogP contribution is -2.11. The molecule has 19 heavy (non-hydrogen) atoms. The van der Waals surface area contributed by atoms with E-state index in [2.05, 4.69) is 43.1 Å². The number of hydrogen-bond donors (Lipinski definition) is 2. The van der Waals surface area contributed by atoms with Crippen LogP contribution in [0.2, 0.25) is 0 Å². The molecular formula is C15H20N2O2. The highest BCUT2D eigenvalue weighted by Gasteiger charge is 2.17. The number of aliphatic hydroxyl groups excluding tert-OH is 1. The smallest absolute Gasteiger partial charge is 0.128 e. The summed E-state index contributed by atoms with van der Waals surface area (Å²) in [6, 6.07) is 7.96. The lowest BCUT2D eigenvalue weighted by molar-refractivity contribution is 0.276. The Bertz CT molecular complexity index is 568. The van der Waals surface area contributed by atoms with Gasteiger partial charge in [0.15, 0.2) is 0 Å². The number of ether oxygens (including phenoxy) is 1. The second-order valence-corrected chi connectivity index (χ2v) is 5.60. The molecule has 4 nitrogen and oxygen atoms in total. The van der Waals surface area contributed by atoms with Gasteiger partial charge in [-0.25, -0.2) is 0 Å². The second-order valence-electron chi connectivity index (χ2n) is 5.60. The van der Waals surface area contributed by atoms with Gasteiger partial charge in [-0.3, -0.25) is 5.10 Å². The first-order valence-electron chi connectivity index (χ1n) is 6.29. The van der Waals surface area contributed by atoms with Crippen LogP contribution in [0.5, 0.6) is 5.75 Å². The van der Waals surface area contributed by atoms with E-state index >= 15 is 0 Å². The average molecular weight is 260 g/mol. The summed E-state index contributed by atoms with van der Waals surface area (Å²) in [5, 5.41) is 16.1. The molecule has 4 heteroatoms. The van der Waals surface area contributed by atoms with Crippen molar-refractivity contribution in [2.75, 3.05) is 7.11 Å². The summed E-state index contributed by atoms with van der Waals surface area (Å²) in [5.74, 6) is 0.781. The predicted molar refractivity (Wildman–Crippen MR) is 75.2 cm³/mol. The van der Waals surface area contributed by atoms with Crippen LogP contribution in [0, 0.1) is 0 Å². The zero-order valence-electron chi connectivity index (χ0n) is 11.8. The Kier molecular flexibility index (Phi) is 3.62. The maximum atomic E-state index is 9.11. The van der Waals surface area contributed by atoms with Gasteiger partial charge in [-0.2, -0.15) is 5.10 Å². The fourth-order valence-electron chi connectivity index (χ4n) is 1.96. The number of aromatic nitrogens is 2. The van der Waals surface area contributed by atoms with Crippen LogP contribution in [-0.2, 0) is 12.0 Å². The molecule has 2 aromatic rings. The van der Waals surface area contributed by atoms with Crippen molar-refractivity contribution >= 4 is 0 Å². The van der Waals surface area contributed by atoms with Crippen LogP contribution in [0.25, 0.3) is 11.3 Å². The number of methoxy groups -OCH3 is 1. The molecule has 0 radical (unpaired) electrons. The number of benzene rings is 1. The normalized spacial score (nSPS) is 11.6. The molecule has 102 valence electrons. The van der Waals surface area contributed by atoms with Gasteiger partial charge in [0.05, 0.1) is 25.1 Å². The van der Waals surface area contributed by atoms with E-state index in [0.717, 1.165) is 17.0 Å². The quantitative estimate of drug-likeness (QED) is 0.892. The van der Waals surface area contributed by atoms with E-state index in [1.54, 1.807) is 7.11 Å². The standard InChI is InChI=1S/C15H20N2O2/c1-15(2,3)10-5-6-14(19-4)12(7-10)13-8-11(9-18)16-17-13/h5-8,18H,9H2,1-4H3,(H,16,17). The van der Waals surface area contributed by atoms with Crippen LogP contribution in [0.3, 0.4) is 0 Å². The van der Waals surface area contributed by atoms with Gasteiger partial charge >= 0.3 is 0 Å². The Balaban J connectivity index is 2.53. The van der Waals surface area contributed by atoms with Crippen LogP contribution in [0.4, 0.5) is 0 Å². The molecular weight excluding hydrogens is 240 g/mol. The van der Waals surface area contributed by atoms with Crippen molar-refractivity contribution in [3.05, 3.63) is 35.5 Å². The first-order chi connectivity index (χ1) is 8.95. The number of hydrogen-bond acceptors (Lipinski definition) is 3. The highest BCUT2D eigenvalue weighted by atomic mass is 16.5.